The van der Waals surface area contributed by atoms with Crippen molar-refractivity contribution in [2.45, 2.75) is 64.6 Å². The summed E-state index contributed by atoms with van der Waals surface area (Å²) < 4.78 is 2.20. The standard InChI is InChI=1S/C18H29N5O2/c1-4-7-18(16(24)20-17(25)21-18)14-5-9-22(10-6-14)12-15-19-8-11-23(15)13(2)3/h8,11,13-14H,4-7,9-10,12H2,1-3H3,(H2,20,21,24,25)/t18-/m1/s1. The zero-order valence-corrected chi connectivity index (χ0v) is 15.4. The molecule has 0 unspecified atom stereocenters. The lowest BCUT2D eigenvalue weighted by Gasteiger charge is -2.40. The summed E-state index contributed by atoms with van der Waals surface area (Å²) in [7, 11) is 0. The Hall–Kier alpha value is -1.89. The summed E-state index contributed by atoms with van der Waals surface area (Å²) in [6.07, 6.45) is 7.29. The van der Waals surface area contributed by atoms with Crippen LogP contribution >= 0.6 is 0 Å². The van der Waals surface area contributed by atoms with E-state index < -0.39 is 5.54 Å². The molecule has 2 aliphatic heterocycles. The number of likely N-dealkylation sites (tertiary alicyclic amines) is 1. The van der Waals surface area contributed by atoms with Crippen LogP contribution in [-0.2, 0) is 11.3 Å². The van der Waals surface area contributed by atoms with Crippen LogP contribution in [0.3, 0.4) is 0 Å². The van der Waals surface area contributed by atoms with E-state index in [4.69, 9.17) is 0 Å². The molecular weight excluding hydrogens is 318 g/mol. The van der Waals surface area contributed by atoms with Crippen LogP contribution in [0.25, 0.3) is 0 Å². The fourth-order valence-corrected chi connectivity index (χ4v) is 4.29. The first kappa shape index (κ1) is 17.9. The molecule has 2 aliphatic rings. The number of nitrogens with one attached hydrogen (secondary N) is 2. The van der Waals surface area contributed by atoms with Crippen LogP contribution < -0.4 is 10.6 Å². The summed E-state index contributed by atoms with van der Waals surface area (Å²) in [4.78, 5) is 31.0. The smallest absolute Gasteiger partial charge is 0.322 e. The number of aromatic nitrogens is 2. The van der Waals surface area contributed by atoms with E-state index in [0.29, 0.717) is 12.5 Å². The van der Waals surface area contributed by atoms with Crippen molar-refractivity contribution < 1.29 is 9.59 Å². The van der Waals surface area contributed by atoms with Crippen LogP contribution in [0.4, 0.5) is 4.79 Å². The van der Waals surface area contributed by atoms with Gasteiger partial charge in [-0.2, -0.15) is 0 Å². The third kappa shape index (κ3) is 3.42. The number of urea groups is 1. The highest BCUT2D eigenvalue weighted by atomic mass is 16.2. The average Bonchev–Trinajstić information content (AvgIpc) is 3.13. The minimum absolute atomic E-state index is 0.145. The highest BCUT2D eigenvalue weighted by Gasteiger charge is 2.51. The van der Waals surface area contributed by atoms with Gasteiger partial charge < -0.3 is 9.88 Å². The molecule has 0 saturated carbocycles. The minimum atomic E-state index is -0.714. The van der Waals surface area contributed by atoms with Crippen molar-refractivity contribution in [2.24, 2.45) is 5.92 Å². The zero-order valence-electron chi connectivity index (χ0n) is 15.4. The van der Waals surface area contributed by atoms with Crippen LogP contribution in [0.15, 0.2) is 12.4 Å². The summed E-state index contributed by atoms with van der Waals surface area (Å²) in [5.74, 6) is 1.14. The lowest BCUT2D eigenvalue weighted by atomic mass is 9.75. The molecule has 1 atom stereocenters. The number of piperidine rings is 1. The predicted octanol–water partition coefficient (Wildman–Crippen LogP) is 2.05. The third-order valence-corrected chi connectivity index (χ3v) is 5.57. The van der Waals surface area contributed by atoms with Crippen molar-refractivity contribution in [3.8, 4) is 0 Å². The molecule has 7 nitrogen and oxygen atoms in total. The van der Waals surface area contributed by atoms with Crippen LogP contribution in [0, 0.1) is 5.92 Å². The lowest BCUT2D eigenvalue weighted by molar-refractivity contribution is -0.127. The van der Waals surface area contributed by atoms with Gasteiger partial charge in [0, 0.05) is 18.4 Å². The molecule has 2 N–H and O–H groups in total. The predicted molar refractivity (Wildman–Crippen MR) is 94.9 cm³/mol. The minimum Gasteiger partial charge on any atom is -0.331 e. The molecule has 0 spiro atoms. The molecule has 2 saturated heterocycles. The van der Waals surface area contributed by atoms with Crippen molar-refractivity contribution in [2.75, 3.05) is 13.1 Å². The SMILES string of the molecule is CCC[C@]1(C2CCN(Cc3nccn3C(C)C)CC2)NC(=O)NC1=O. The van der Waals surface area contributed by atoms with Crippen molar-refractivity contribution in [3.63, 3.8) is 0 Å². The first-order chi connectivity index (χ1) is 12.0. The average molecular weight is 347 g/mol. The molecule has 0 radical (unpaired) electrons. The summed E-state index contributed by atoms with van der Waals surface area (Å²) in [5, 5.41) is 5.38. The van der Waals surface area contributed by atoms with Crippen molar-refractivity contribution in [1.29, 1.82) is 0 Å². The largest absolute Gasteiger partial charge is 0.331 e. The van der Waals surface area contributed by atoms with E-state index in [1.165, 1.54) is 0 Å². The van der Waals surface area contributed by atoms with E-state index in [-0.39, 0.29) is 17.9 Å². The van der Waals surface area contributed by atoms with E-state index >= 15 is 0 Å². The van der Waals surface area contributed by atoms with Gasteiger partial charge in [0.2, 0.25) is 0 Å². The van der Waals surface area contributed by atoms with Crippen molar-refractivity contribution >= 4 is 11.9 Å². The number of imidazole rings is 1. The highest BCUT2D eigenvalue weighted by molar-refractivity contribution is 6.07. The number of imide groups is 1. The fraction of sp³-hybridized carbons (Fsp3) is 0.722. The van der Waals surface area contributed by atoms with Gasteiger partial charge in [0.1, 0.15) is 11.4 Å². The zero-order chi connectivity index (χ0) is 18.0. The molecule has 0 aromatic carbocycles. The van der Waals surface area contributed by atoms with Gasteiger partial charge in [-0.25, -0.2) is 9.78 Å². The van der Waals surface area contributed by atoms with Crippen molar-refractivity contribution in [3.05, 3.63) is 18.2 Å². The second-order valence-electron chi connectivity index (χ2n) is 7.52. The molecule has 2 fully saturated rings. The first-order valence-electron chi connectivity index (χ1n) is 9.34. The Kier molecular flexibility index (Phi) is 5.13. The topological polar surface area (TPSA) is 79.3 Å². The van der Waals surface area contributed by atoms with Crippen LogP contribution in [-0.4, -0.2) is 45.0 Å². The van der Waals surface area contributed by atoms with Crippen LogP contribution in [0.5, 0.6) is 0 Å². The van der Waals surface area contributed by atoms with Gasteiger partial charge >= 0.3 is 6.03 Å². The van der Waals surface area contributed by atoms with Gasteiger partial charge in [-0.1, -0.05) is 13.3 Å². The molecule has 7 heteroatoms. The Labute approximate surface area is 149 Å². The van der Waals surface area contributed by atoms with Gasteiger partial charge in [-0.3, -0.25) is 15.0 Å². The number of hydrogen-bond donors (Lipinski definition) is 2. The van der Waals surface area contributed by atoms with Gasteiger partial charge in [-0.15, -0.1) is 0 Å². The quantitative estimate of drug-likeness (QED) is 0.772. The molecule has 1 aromatic rings. The van der Waals surface area contributed by atoms with Gasteiger partial charge in [-0.05, 0) is 52.1 Å². The Morgan fingerprint density at radius 3 is 2.60 bits per heavy atom. The Morgan fingerprint density at radius 2 is 2.04 bits per heavy atom. The number of carbonyl (C=O) groups is 2. The Morgan fingerprint density at radius 1 is 1.32 bits per heavy atom. The maximum absolute atomic E-state index is 12.4. The van der Waals surface area contributed by atoms with E-state index in [9.17, 15) is 9.59 Å². The van der Waals surface area contributed by atoms with Gasteiger partial charge in [0.05, 0.1) is 6.54 Å². The Balaban J connectivity index is 1.64. The second kappa shape index (κ2) is 7.15. The molecular formula is C18H29N5O2. The highest BCUT2D eigenvalue weighted by Crippen LogP contribution is 2.34. The number of amides is 3. The normalized spacial score (nSPS) is 25.4. The fourth-order valence-electron chi connectivity index (χ4n) is 4.29. The molecule has 3 heterocycles. The molecule has 1 aromatic heterocycles. The summed E-state index contributed by atoms with van der Waals surface area (Å²) in [6.45, 7) is 9.05. The molecule has 138 valence electrons. The maximum Gasteiger partial charge on any atom is 0.322 e. The number of hydrogen-bond acceptors (Lipinski definition) is 4. The van der Waals surface area contributed by atoms with Crippen LogP contribution in [0.2, 0.25) is 0 Å². The van der Waals surface area contributed by atoms with E-state index in [1.807, 2.05) is 12.4 Å². The number of rotatable bonds is 6. The molecule has 0 aliphatic carbocycles. The third-order valence-electron chi connectivity index (χ3n) is 5.57. The van der Waals surface area contributed by atoms with E-state index in [2.05, 4.69) is 45.9 Å². The summed E-state index contributed by atoms with van der Waals surface area (Å²) in [5.41, 5.74) is -0.714. The van der Waals surface area contributed by atoms with E-state index in [1.54, 1.807) is 0 Å². The molecule has 3 rings (SSSR count). The second-order valence-corrected chi connectivity index (χ2v) is 7.52. The lowest BCUT2D eigenvalue weighted by Crippen LogP contribution is -2.55. The number of carbonyl (C=O) groups excluding carboxylic acids is 2. The molecule has 25 heavy (non-hydrogen) atoms. The Bertz CT molecular complexity index is 633. The molecule has 3 amide bonds. The van der Waals surface area contributed by atoms with Crippen LogP contribution in [0.1, 0.15) is 58.3 Å². The summed E-state index contributed by atoms with van der Waals surface area (Å²) >= 11 is 0. The van der Waals surface area contributed by atoms with Crippen molar-refractivity contribution in [1.82, 2.24) is 25.1 Å². The maximum atomic E-state index is 12.4. The monoisotopic (exact) mass is 347 g/mol. The summed E-state index contributed by atoms with van der Waals surface area (Å²) in [6, 6.07) is 0.0556. The van der Waals surface area contributed by atoms with Gasteiger partial charge in [0.15, 0.2) is 0 Å². The molecule has 0 bridgehead atoms. The number of nitrogens with zero attached hydrogens (tertiary/aromatic N) is 3. The van der Waals surface area contributed by atoms with E-state index in [0.717, 1.165) is 44.7 Å². The van der Waals surface area contributed by atoms with Gasteiger partial charge in [0.25, 0.3) is 5.91 Å². The first-order valence-corrected chi connectivity index (χ1v) is 9.34.